The molecule has 1 unspecified atom stereocenters. The van der Waals surface area contributed by atoms with Gasteiger partial charge in [-0.3, -0.25) is 19.7 Å². The van der Waals surface area contributed by atoms with Gasteiger partial charge in [-0.15, -0.1) is 11.3 Å². The number of nitrogens with zero attached hydrogens (tertiary/aromatic N) is 4. The number of aryl methyl sites for hydroxylation is 1. The Morgan fingerprint density at radius 2 is 1.84 bits per heavy atom. The molecule has 1 aromatic heterocycles. The quantitative estimate of drug-likeness (QED) is 0.533. The van der Waals surface area contributed by atoms with Crippen LogP contribution in [0.15, 0.2) is 30.3 Å². The summed E-state index contributed by atoms with van der Waals surface area (Å²) in [5.74, 6) is -0.152. The Labute approximate surface area is 185 Å². The number of piperazine rings is 1. The Kier molecular flexibility index (Phi) is 5.95. The lowest BCUT2D eigenvalue weighted by atomic mass is 10.1. The first-order valence-corrected chi connectivity index (χ1v) is 11.3. The number of benzene rings is 1. The van der Waals surface area contributed by atoms with Gasteiger partial charge in [0, 0.05) is 61.0 Å². The highest BCUT2D eigenvalue weighted by atomic mass is 32.1. The second-order valence-electron chi connectivity index (χ2n) is 8.06. The molecule has 2 saturated heterocycles. The molecule has 31 heavy (non-hydrogen) atoms. The summed E-state index contributed by atoms with van der Waals surface area (Å²) in [4.78, 5) is 44.1. The van der Waals surface area contributed by atoms with Gasteiger partial charge in [0.2, 0.25) is 5.91 Å². The van der Waals surface area contributed by atoms with Gasteiger partial charge in [-0.1, -0.05) is 0 Å². The summed E-state index contributed by atoms with van der Waals surface area (Å²) in [5.41, 5.74) is 0.777. The zero-order chi connectivity index (χ0) is 22.1. The van der Waals surface area contributed by atoms with Crippen LogP contribution in [0.5, 0.6) is 0 Å². The number of nitro benzene ring substituents is 1. The van der Waals surface area contributed by atoms with E-state index in [0.717, 1.165) is 17.7 Å². The van der Waals surface area contributed by atoms with Gasteiger partial charge >= 0.3 is 0 Å². The maximum Gasteiger partial charge on any atom is 0.293 e. The molecule has 2 aliphatic rings. The van der Waals surface area contributed by atoms with Crippen LogP contribution in [0.2, 0.25) is 0 Å². The summed E-state index contributed by atoms with van der Waals surface area (Å²) in [5, 5.41) is 11.8. The Morgan fingerprint density at radius 1 is 1.10 bits per heavy atom. The number of hydrogen-bond donors (Lipinski definition) is 0. The number of thiophene rings is 1. The van der Waals surface area contributed by atoms with E-state index in [1.165, 1.54) is 17.9 Å². The molecule has 0 saturated carbocycles. The van der Waals surface area contributed by atoms with E-state index >= 15 is 0 Å². The molecule has 2 aliphatic heterocycles. The SMILES string of the molecule is CC(=O)N1CCN(c2ccc(C(=O)N3CCCC3c3ccc(C)s3)cc2[N+](=O)[O-])CC1. The van der Waals surface area contributed by atoms with Crippen LogP contribution in [0.1, 0.15) is 45.9 Å². The van der Waals surface area contributed by atoms with E-state index in [4.69, 9.17) is 0 Å². The summed E-state index contributed by atoms with van der Waals surface area (Å²) in [7, 11) is 0. The minimum atomic E-state index is -0.423. The summed E-state index contributed by atoms with van der Waals surface area (Å²) in [6.45, 7) is 6.35. The van der Waals surface area contributed by atoms with Crippen LogP contribution in [0.4, 0.5) is 11.4 Å². The summed E-state index contributed by atoms with van der Waals surface area (Å²) in [6, 6.07) is 8.94. The van der Waals surface area contributed by atoms with Crippen molar-refractivity contribution in [2.75, 3.05) is 37.6 Å². The van der Waals surface area contributed by atoms with Crippen LogP contribution in [0.3, 0.4) is 0 Å². The average molecular weight is 443 g/mol. The summed E-state index contributed by atoms with van der Waals surface area (Å²) < 4.78 is 0. The lowest BCUT2D eigenvalue weighted by Crippen LogP contribution is -2.48. The molecule has 164 valence electrons. The van der Waals surface area contributed by atoms with Gasteiger partial charge in [0.1, 0.15) is 5.69 Å². The number of anilines is 1. The molecule has 0 bridgehead atoms. The lowest BCUT2D eigenvalue weighted by Gasteiger charge is -2.35. The Bertz CT molecular complexity index is 1010. The number of nitro groups is 1. The van der Waals surface area contributed by atoms with Gasteiger partial charge in [-0.25, -0.2) is 0 Å². The zero-order valence-corrected chi connectivity index (χ0v) is 18.6. The highest BCUT2D eigenvalue weighted by molar-refractivity contribution is 7.12. The molecule has 2 fully saturated rings. The van der Waals surface area contributed by atoms with Crippen molar-refractivity contribution in [3.05, 3.63) is 55.8 Å². The standard InChI is InChI=1S/C22H26N4O4S/c1-15-5-8-21(31-15)19-4-3-9-25(19)22(28)17-6-7-18(20(14-17)26(29)30)24-12-10-23(11-13-24)16(2)27/h5-8,14,19H,3-4,9-13H2,1-2H3. The van der Waals surface area contributed by atoms with Crippen molar-refractivity contribution in [1.29, 1.82) is 0 Å². The van der Waals surface area contributed by atoms with E-state index < -0.39 is 4.92 Å². The molecule has 0 spiro atoms. The number of likely N-dealkylation sites (tertiary alicyclic amines) is 1. The molecule has 0 N–H and O–H groups in total. The third-order valence-corrected chi connectivity index (χ3v) is 7.19. The molecule has 8 nitrogen and oxygen atoms in total. The molecule has 2 aromatic rings. The molecule has 1 aromatic carbocycles. The summed E-state index contributed by atoms with van der Waals surface area (Å²) in [6.07, 6.45) is 1.83. The number of carbonyl (C=O) groups is 2. The number of amides is 2. The number of carbonyl (C=O) groups excluding carboxylic acids is 2. The second kappa shape index (κ2) is 8.66. The van der Waals surface area contributed by atoms with Gasteiger partial charge in [0.15, 0.2) is 0 Å². The van der Waals surface area contributed by atoms with E-state index in [2.05, 4.69) is 12.1 Å². The van der Waals surface area contributed by atoms with Gasteiger partial charge < -0.3 is 14.7 Å². The second-order valence-corrected chi connectivity index (χ2v) is 9.38. The van der Waals surface area contributed by atoms with E-state index in [-0.39, 0.29) is 23.5 Å². The summed E-state index contributed by atoms with van der Waals surface area (Å²) >= 11 is 1.70. The first-order chi connectivity index (χ1) is 14.8. The van der Waals surface area contributed by atoms with E-state index in [0.29, 0.717) is 44.0 Å². The Hall–Kier alpha value is -2.94. The van der Waals surface area contributed by atoms with Gasteiger partial charge in [-0.05, 0) is 44.0 Å². The third kappa shape index (κ3) is 4.27. The smallest absolute Gasteiger partial charge is 0.293 e. The molecule has 3 heterocycles. The third-order valence-electron chi connectivity index (χ3n) is 6.09. The monoisotopic (exact) mass is 442 g/mol. The van der Waals surface area contributed by atoms with Crippen molar-refractivity contribution in [2.24, 2.45) is 0 Å². The fourth-order valence-electron chi connectivity index (χ4n) is 4.44. The first kappa shape index (κ1) is 21.3. The minimum Gasteiger partial charge on any atom is -0.362 e. The number of hydrogen-bond acceptors (Lipinski definition) is 6. The maximum atomic E-state index is 13.3. The van der Waals surface area contributed by atoms with Crippen molar-refractivity contribution in [3.63, 3.8) is 0 Å². The fraction of sp³-hybridized carbons (Fsp3) is 0.455. The normalized spacial score (nSPS) is 19.0. The van der Waals surface area contributed by atoms with Gasteiger partial charge in [-0.2, -0.15) is 0 Å². The van der Waals surface area contributed by atoms with E-state index in [1.54, 1.807) is 28.4 Å². The number of rotatable bonds is 4. The fourth-order valence-corrected chi connectivity index (χ4v) is 5.46. The van der Waals surface area contributed by atoms with Crippen molar-refractivity contribution in [1.82, 2.24) is 9.80 Å². The maximum absolute atomic E-state index is 13.3. The molecule has 1 atom stereocenters. The molecular formula is C22H26N4O4S. The van der Waals surface area contributed by atoms with Crippen molar-refractivity contribution in [2.45, 2.75) is 32.7 Å². The van der Waals surface area contributed by atoms with Crippen LogP contribution in [-0.4, -0.2) is 59.3 Å². The van der Waals surface area contributed by atoms with Crippen LogP contribution in [0, 0.1) is 17.0 Å². The Morgan fingerprint density at radius 3 is 2.45 bits per heavy atom. The molecule has 0 radical (unpaired) electrons. The van der Waals surface area contributed by atoms with Crippen LogP contribution >= 0.6 is 11.3 Å². The van der Waals surface area contributed by atoms with Crippen molar-refractivity contribution < 1.29 is 14.5 Å². The molecule has 4 rings (SSSR count). The molecule has 9 heteroatoms. The highest BCUT2D eigenvalue weighted by Crippen LogP contribution is 2.38. The lowest BCUT2D eigenvalue weighted by molar-refractivity contribution is -0.384. The molecular weight excluding hydrogens is 416 g/mol. The topological polar surface area (TPSA) is 87.0 Å². The van der Waals surface area contributed by atoms with Crippen molar-refractivity contribution in [3.8, 4) is 0 Å². The largest absolute Gasteiger partial charge is 0.362 e. The van der Waals surface area contributed by atoms with E-state index in [9.17, 15) is 19.7 Å². The highest BCUT2D eigenvalue weighted by Gasteiger charge is 2.33. The Balaban J connectivity index is 1.57. The predicted molar refractivity (Wildman–Crippen MR) is 120 cm³/mol. The van der Waals surface area contributed by atoms with E-state index in [1.807, 2.05) is 16.7 Å². The molecule has 2 amide bonds. The molecule has 0 aliphatic carbocycles. The zero-order valence-electron chi connectivity index (χ0n) is 17.7. The van der Waals surface area contributed by atoms with Crippen LogP contribution < -0.4 is 4.90 Å². The first-order valence-electron chi connectivity index (χ1n) is 10.5. The minimum absolute atomic E-state index is 0.0104. The van der Waals surface area contributed by atoms with Gasteiger partial charge in [0.25, 0.3) is 11.6 Å². The predicted octanol–water partition coefficient (Wildman–Crippen LogP) is 3.61. The van der Waals surface area contributed by atoms with Gasteiger partial charge in [0.05, 0.1) is 11.0 Å². The van der Waals surface area contributed by atoms with Crippen LogP contribution in [-0.2, 0) is 4.79 Å². The van der Waals surface area contributed by atoms with Crippen molar-refractivity contribution >= 4 is 34.5 Å². The van der Waals surface area contributed by atoms with Crippen LogP contribution in [0.25, 0.3) is 0 Å². The average Bonchev–Trinajstić information content (AvgIpc) is 3.41.